The van der Waals surface area contributed by atoms with E-state index in [1.807, 2.05) is 0 Å². The molecule has 0 unspecified atom stereocenters. The summed E-state index contributed by atoms with van der Waals surface area (Å²) in [6.45, 7) is -0.456. The van der Waals surface area contributed by atoms with E-state index in [-0.39, 0.29) is 27.8 Å². The highest BCUT2D eigenvalue weighted by molar-refractivity contribution is 6.32. The molecule has 1 heterocycles. The van der Waals surface area contributed by atoms with Crippen LogP contribution < -0.4 is 14.8 Å². The number of ether oxygens (including phenoxy) is 2. The first-order chi connectivity index (χ1) is 15.5. The maximum absolute atomic E-state index is 13.7. The lowest BCUT2D eigenvalue weighted by Gasteiger charge is -2.09. The Hall–Kier alpha value is -3.84. The van der Waals surface area contributed by atoms with Gasteiger partial charge in [0, 0.05) is 10.9 Å². The lowest BCUT2D eigenvalue weighted by Crippen LogP contribution is -2.21. The number of hydrogen-bond donors (Lipinski definition) is 1. The Morgan fingerprint density at radius 2 is 1.78 bits per heavy atom. The van der Waals surface area contributed by atoms with Crippen LogP contribution in [-0.4, -0.2) is 25.4 Å². The largest absolute Gasteiger partial charge is 0.495 e. The maximum atomic E-state index is 13.7. The molecule has 4 aromatic rings. The summed E-state index contributed by atoms with van der Waals surface area (Å²) in [6, 6.07) is 17.2. The van der Waals surface area contributed by atoms with Gasteiger partial charge in [0.05, 0.1) is 17.8 Å². The number of para-hydroxylation sites is 2. The fourth-order valence-corrected chi connectivity index (χ4v) is 3.41. The number of amides is 1. The third kappa shape index (κ3) is 4.29. The van der Waals surface area contributed by atoms with Crippen LogP contribution in [0.25, 0.3) is 11.0 Å². The minimum Gasteiger partial charge on any atom is -0.495 e. The zero-order chi connectivity index (χ0) is 22.7. The highest BCUT2D eigenvalue weighted by atomic mass is 35.5. The Kier molecular flexibility index (Phi) is 6.09. The first kappa shape index (κ1) is 21.4. The van der Waals surface area contributed by atoms with E-state index < -0.39 is 24.1 Å². The third-order valence-corrected chi connectivity index (χ3v) is 4.97. The molecule has 0 spiro atoms. The minimum absolute atomic E-state index is 0.0520. The molecule has 0 bridgehead atoms. The van der Waals surface area contributed by atoms with E-state index in [0.717, 1.165) is 0 Å². The van der Waals surface area contributed by atoms with Gasteiger partial charge >= 0.3 is 0 Å². The Morgan fingerprint density at radius 3 is 2.53 bits per heavy atom. The average Bonchev–Trinajstić information content (AvgIpc) is 3.16. The van der Waals surface area contributed by atoms with E-state index in [2.05, 4.69) is 5.32 Å². The number of methoxy groups -OCH3 is 1. The predicted molar refractivity (Wildman–Crippen MR) is 118 cm³/mol. The van der Waals surface area contributed by atoms with Gasteiger partial charge in [-0.15, -0.1) is 0 Å². The van der Waals surface area contributed by atoms with Crippen molar-refractivity contribution in [2.24, 2.45) is 0 Å². The molecule has 8 heteroatoms. The van der Waals surface area contributed by atoms with Crippen molar-refractivity contribution >= 4 is 39.9 Å². The number of halogens is 2. The van der Waals surface area contributed by atoms with Gasteiger partial charge in [-0.1, -0.05) is 35.9 Å². The zero-order valence-corrected chi connectivity index (χ0v) is 17.6. The Morgan fingerprint density at radius 1 is 1.03 bits per heavy atom. The van der Waals surface area contributed by atoms with Gasteiger partial charge in [-0.05, 0) is 42.5 Å². The molecule has 32 heavy (non-hydrogen) atoms. The van der Waals surface area contributed by atoms with E-state index >= 15 is 0 Å². The normalized spacial score (nSPS) is 10.7. The second kappa shape index (κ2) is 9.11. The number of carbonyl (C=O) groups excluding carboxylic acids is 2. The van der Waals surface area contributed by atoms with E-state index in [4.69, 9.17) is 25.5 Å². The van der Waals surface area contributed by atoms with Crippen molar-refractivity contribution < 1.29 is 27.9 Å². The molecule has 0 atom stereocenters. The number of rotatable bonds is 7. The van der Waals surface area contributed by atoms with Crippen LogP contribution >= 0.6 is 11.6 Å². The highest BCUT2D eigenvalue weighted by Crippen LogP contribution is 2.34. The van der Waals surface area contributed by atoms with Crippen molar-refractivity contribution in [1.29, 1.82) is 0 Å². The number of fused-ring (bicyclic) bond motifs is 1. The number of ketones is 1. The van der Waals surface area contributed by atoms with Crippen LogP contribution in [0.4, 0.5) is 10.1 Å². The molecule has 162 valence electrons. The van der Waals surface area contributed by atoms with Crippen molar-refractivity contribution in [3.63, 3.8) is 0 Å². The first-order valence-corrected chi connectivity index (χ1v) is 9.92. The molecule has 0 saturated carbocycles. The van der Waals surface area contributed by atoms with Crippen LogP contribution in [-0.2, 0) is 4.79 Å². The molecular formula is C24H17ClFNO5. The molecule has 0 aliphatic heterocycles. The molecule has 3 aromatic carbocycles. The lowest BCUT2D eigenvalue weighted by atomic mass is 10.1. The van der Waals surface area contributed by atoms with Gasteiger partial charge in [0.2, 0.25) is 5.78 Å². The fourth-order valence-electron chi connectivity index (χ4n) is 3.15. The van der Waals surface area contributed by atoms with Gasteiger partial charge in [-0.25, -0.2) is 4.39 Å². The molecule has 4 rings (SSSR count). The Labute approximate surface area is 187 Å². The fraction of sp³-hybridized carbons (Fsp3) is 0.0833. The SMILES string of the molecule is COc1ccc(C(=O)c2oc3ccccc3c2NC(=O)COc2ccccc2F)cc1Cl. The van der Waals surface area contributed by atoms with E-state index in [9.17, 15) is 14.0 Å². The molecule has 0 saturated heterocycles. The van der Waals surface area contributed by atoms with E-state index in [1.54, 1.807) is 42.5 Å². The van der Waals surface area contributed by atoms with E-state index in [0.29, 0.717) is 16.7 Å². The van der Waals surface area contributed by atoms with Crippen LogP contribution in [0.15, 0.2) is 71.1 Å². The van der Waals surface area contributed by atoms with Gasteiger partial charge in [0.25, 0.3) is 5.91 Å². The molecule has 1 amide bonds. The van der Waals surface area contributed by atoms with Crippen molar-refractivity contribution in [1.82, 2.24) is 0 Å². The number of nitrogens with one attached hydrogen (secondary N) is 1. The van der Waals surface area contributed by atoms with Crippen LogP contribution in [0.5, 0.6) is 11.5 Å². The van der Waals surface area contributed by atoms with Crippen molar-refractivity contribution in [3.8, 4) is 11.5 Å². The molecule has 1 N–H and O–H groups in total. The van der Waals surface area contributed by atoms with Crippen molar-refractivity contribution in [2.45, 2.75) is 0 Å². The number of carbonyl (C=O) groups is 2. The van der Waals surface area contributed by atoms with Crippen LogP contribution in [0.2, 0.25) is 5.02 Å². The second-order valence-electron chi connectivity index (χ2n) is 6.75. The lowest BCUT2D eigenvalue weighted by molar-refractivity contribution is -0.118. The second-order valence-corrected chi connectivity index (χ2v) is 7.16. The zero-order valence-electron chi connectivity index (χ0n) is 16.9. The topological polar surface area (TPSA) is 77.8 Å². The molecule has 0 fully saturated rings. The summed E-state index contributed by atoms with van der Waals surface area (Å²) in [4.78, 5) is 25.7. The van der Waals surface area contributed by atoms with Gasteiger partial charge in [0.15, 0.2) is 23.9 Å². The monoisotopic (exact) mass is 453 g/mol. The molecule has 6 nitrogen and oxygen atoms in total. The summed E-state index contributed by atoms with van der Waals surface area (Å²) < 4.78 is 29.9. The summed E-state index contributed by atoms with van der Waals surface area (Å²) in [5, 5.41) is 3.45. The van der Waals surface area contributed by atoms with E-state index in [1.165, 1.54) is 31.4 Å². The van der Waals surface area contributed by atoms with Gasteiger partial charge < -0.3 is 19.2 Å². The number of anilines is 1. The molecule has 0 aliphatic carbocycles. The summed E-state index contributed by atoms with van der Waals surface area (Å²) >= 11 is 6.15. The highest BCUT2D eigenvalue weighted by Gasteiger charge is 2.24. The summed E-state index contributed by atoms with van der Waals surface area (Å²) in [6.07, 6.45) is 0. The van der Waals surface area contributed by atoms with Crippen LogP contribution in [0.1, 0.15) is 16.1 Å². The summed E-state index contributed by atoms with van der Waals surface area (Å²) in [5.41, 5.74) is 0.869. The molecule has 0 radical (unpaired) electrons. The summed E-state index contributed by atoms with van der Waals surface area (Å²) in [7, 11) is 1.47. The first-order valence-electron chi connectivity index (χ1n) is 9.55. The van der Waals surface area contributed by atoms with Gasteiger partial charge in [0.1, 0.15) is 11.3 Å². The van der Waals surface area contributed by atoms with Crippen LogP contribution in [0, 0.1) is 5.82 Å². The predicted octanol–water partition coefficient (Wildman–Crippen LogP) is 5.48. The molecule has 0 aliphatic rings. The van der Waals surface area contributed by atoms with Crippen molar-refractivity contribution in [3.05, 3.63) is 88.9 Å². The quantitative estimate of drug-likeness (QED) is 0.375. The molecular weight excluding hydrogens is 437 g/mol. The summed E-state index contributed by atoms with van der Waals surface area (Å²) in [5.74, 6) is -1.33. The number of hydrogen-bond acceptors (Lipinski definition) is 5. The smallest absolute Gasteiger partial charge is 0.262 e. The number of furan rings is 1. The van der Waals surface area contributed by atoms with Gasteiger partial charge in [-0.2, -0.15) is 0 Å². The minimum atomic E-state index is -0.582. The van der Waals surface area contributed by atoms with Gasteiger partial charge in [-0.3, -0.25) is 9.59 Å². The maximum Gasteiger partial charge on any atom is 0.262 e. The average molecular weight is 454 g/mol. The third-order valence-electron chi connectivity index (χ3n) is 4.68. The molecule has 1 aromatic heterocycles. The number of benzene rings is 3. The standard InChI is InChI=1S/C24H17ClFNO5/c1-30-19-11-10-14(12-16(19)25)23(29)24-22(15-6-2-4-8-18(15)32-24)27-21(28)13-31-20-9-5-3-7-17(20)26/h2-12H,13H2,1H3,(H,27,28). The Bertz CT molecular complexity index is 1320. The Balaban J connectivity index is 1.63. The van der Waals surface area contributed by atoms with Crippen molar-refractivity contribution in [2.75, 3.05) is 19.0 Å². The van der Waals surface area contributed by atoms with Crippen LogP contribution in [0.3, 0.4) is 0 Å².